The van der Waals surface area contributed by atoms with E-state index in [2.05, 4.69) is 10.3 Å². The summed E-state index contributed by atoms with van der Waals surface area (Å²) in [6.07, 6.45) is 1.56. The van der Waals surface area contributed by atoms with E-state index in [0.29, 0.717) is 0 Å². The maximum Gasteiger partial charge on any atom is 0.301 e. The number of nitrogens with zero attached hydrogens (tertiary/aromatic N) is 1. The summed E-state index contributed by atoms with van der Waals surface area (Å²) < 4.78 is 5.06. The van der Waals surface area contributed by atoms with Crippen LogP contribution in [0.25, 0.3) is 0 Å². The van der Waals surface area contributed by atoms with Crippen molar-refractivity contribution >= 4 is 11.9 Å². The smallest absolute Gasteiger partial charge is 0.301 e. The predicted octanol–water partition coefficient (Wildman–Crippen LogP) is 1.93. The highest BCUT2D eigenvalue weighted by Gasteiger charge is 2.18. The van der Waals surface area contributed by atoms with E-state index >= 15 is 0 Å². The Bertz CT molecular complexity index is 310. The first-order chi connectivity index (χ1) is 5.89. The molecular weight excluding hydrogens is 168 g/mol. The minimum atomic E-state index is -0.178. The van der Waals surface area contributed by atoms with Crippen molar-refractivity contribution in [2.24, 2.45) is 0 Å². The highest BCUT2D eigenvalue weighted by molar-refractivity contribution is 5.86. The second-order valence-corrected chi connectivity index (χ2v) is 3.97. The van der Waals surface area contributed by atoms with E-state index in [1.165, 1.54) is 6.92 Å². The first kappa shape index (κ1) is 9.77. The second-order valence-electron chi connectivity index (χ2n) is 3.97. The second kappa shape index (κ2) is 3.20. The molecule has 72 valence electrons. The van der Waals surface area contributed by atoms with Gasteiger partial charge in [0.05, 0.1) is 5.69 Å². The Morgan fingerprint density at radius 1 is 1.54 bits per heavy atom. The zero-order valence-corrected chi connectivity index (χ0v) is 8.34. The molecule has 13 heavy (non-hydrogen) atoms. The molecule has 1 heterocycles. The maximum absolute atomic E-state index is 10.7. The number of carbonyl (C=O) groups excluding carboxylic acids is 1. The molecule has 0 unspecified atom stereocenters. The Balaban J connectivity index is 2.81. The Morgan fingerprint density at radius 3 is 2.54 bits per heavy atom. The fourth-order valence-electron chi connectivity index (χ4n) is 0.826. The molecular formula is C9H14N2O2. The molecule has 0 bridgehead atoms. The van der Waals surface area contributed by atoms with E-state index in [1.54, 1.807) is 6.26 Å². The lowest BCUT2D eigenvalue weighted by atomic mass is 9.93. The summed E-state index contributed by atoms with van der Waals surface area (Å²) in [6.45, 7) is 7.51. The van der Waals surface area contributed by atoms with Crippen LogP contribution in [0.3, 0.4) is 0 Å². The van der Waals surface area contributed by atoms with Crippen LogP contribution in [0.4, 0.5) is 6.01 Å². The molecule has 1 aromatic heterocycles. The van der Waals surface area contributed by atoms with Crippen LogP contribution in [0.1, 0.15) is 33.4 Å². The number of anilines is 1. The summed E-state index contributed by atoms with van der Waals surface area (Å²) in [5.41, 5.74) is 0.775. The van der Waals surface area contributed by atoms with Crippen molar-refractivity contribution in [3.8, 4) is 0 Å². The monoisotopic (exact) mass is 182 g/mol. The lowest BCUT2D eigenvalue weighted by molar-refractivity contribution is -0.114. The average Bonchev–Trinajstić information content (AvgIpc) is 2.32. The van der Waals surface area contributed by atoms with Gasteiger partial charge in [0.15, 0.2) is 0 Å². The first-order valence-electron chi connectivity index (χ1n) is 4.13. The molecule has 1 amide bonds. The SMILES string of the molecule is CC(=O)Nc1nc(C(C)(C)C)co1. The molecule has 0 spiro atoms. The van der Waals surface area contributed by atoms with Crippen molar-refractivity contribution in [2.75, 3.05) is 5.32 Å². The van der Waals surface area contributed by atoms with Gasteiger partial charge in [0.25, 0.3) is 0 Å². The molecule has 0 saturated heterocycles. The maximum atomic E-state index is 10.7. The van der Waals surface area contributed by atoms with Crippen molar-refractivity contribution in [3.05, 3.63) is 12.0 Å². The van der Waals surface area contributed by atoms with Crippen LogP contribution >= 0.6 is 0 Å². The van der Waals surface area contributed by atoms with Gasteiger partial charge in [-0.2, -0.15) is 4.98 Å². The summed E-state index contributed by atoms with van der Waals surface area (Å²) in [5.74, 6) is -0.178. The van der Waals surface area contributed by atoms with Gasteiger partial charge in [0.2, 0.25) is 5.91 Å². The molecule has 0 aliphatic rings. The lowest BCUT2D eigenvalue weighted by Gasteiger charge is -2.12. The molecule has 1 aromatic rings. The van der Waals surface area contributed by atoms with Crippen LogP contribution in [0, 0.1) is 0 Å². The minimum absolute atomic E-state index is 0.0553. The molecule has 0 radical (unpaired) electrons. The van der Waals surface area contributed by atoms with Crippen LogP contribution < -0.4 is 5.32 Å². The van der Waals surface area contributed by atoms with Gasteiger partial charge in [-0.05, 0) is 0 Å². The van der Waals surface area contributed by atoms with Gasteiger partial charge in [-0.1, -0.05) is 20.8 Å². The first-order valence-corrected chi connectivity index (χ1v) is 4.13. The third-order valence-corrected chi connectivity index (χ3v) is 1.56. The molecule has 0 aliphatic carbocycles. The van der Waals surface area contributed by atoms with E-state index in [-0.39, 0.29) is 17.3 Å². The third-order valence-electron chi connectivity index (χ3n) is 1.56. The summed E-state index contributed by atoms with van der Waals surface area (Å²) in [7, 11) is 0. The number of rotatable bonds is 1. The molecule has 0 saturated carbocycles. The zero-order chi connectivity index (χ0) is 10.1. The van der Waals surface area contributed by atoms with Crippen LogP contribution in [-0.4, -0.2) is 10.9 Å². The molecule has 4 nitrogen and oxygen atoms in total. The Hall–Kier alpha value is -1.32. The van der Waals surface area contributed by atoms with Crippen molar-refractivity contribution in [1.82, 2.24) is 4.98 Å². The van der Waals surface area contributed by atoms with Gasteiger partial charge in [-0.15, -0.1) is 0 Å². The largest absolute Gasteiger partial charge is 0.432 e. The van der Waals surface area contributed by atoms with E-state index in [1.807, 2.05) is 20.8 Å². The average molecular weight is 182 g/mol. The van der Waals surface area contributed by atoms with Crippen molar-refractivity contribution in [3.63, 3.8) is 0 Å². The standard InChI is InChI=1S/C9H14N2O2/c1-6(12)10-8-11-7(5-13-8)9(2,3)4/h5H,1-4H3,(H,10,11,12). The summed E-state index contributed by atoms with van der Waals surface area (Å²) in [6, 6.07) is 0.262. The number of hydrogen-bond donors (Lipinski definition) is 1. The van der Waals surface area contributed by atoms with Crippen LogP contribution in [0.5, 0.6) is 0 Å². The number of amides is 1. The minimum Gasteiger partial charge on any atom is -0.432 e. The van der Waals surface area contributed by atoms with Gasteiger partial charge >= 0.3 is 6.01 Å². The quantitative estimate of drug-likeness (QED) is 0.722. The number of nitrogens with one attached hydrogen (secondary N) is 1. The van der Waals surface area contributed by atoms with Gasteiger partial charge in [-0.25, -0.2) is 0 Å². The zero-order valence-electron chi connectivity index (χ0n) is 8.34. The fourth-order valence-corrected chi connectivity index (χ4v) is 0.826. The van der Waals surface area contributed by atoms with E-state index in [4.69, 9.17) is 4.42 Å². The molecule has 0 atom stereocenters. The molecule has 4 heteroatoms. The topological polar surface area (TPSA) is 55.1 Å². The number of oxazole rings is 1. The Morgan fingerprint density at radius 2 is 2.15 bits per heavy atom. The van der Waals surface area contributed by atoms with Crippen LogP contribution in [-0.2, 0) is 10.2 Å². The summed E-state index contributed by atoms with van der Waals surface area (Å²) in [5, 5.41) is 2.48. The van der Waals surface area contributed by atoms with Gasteiger partial charge in [0.1, 0.15) is 6.26 Å². The highest BCUT2D eigenvalue weighted by atomic mass is 16.4. The Kier molecular flexibility index (Phi) is 2.40. The van der Waals surface area contributed by atoms with E-state index in [9.17, 15) is 4.79 Å². The fraction of sp³-hybridized carbons (Fsp3) is 0.556. The predicted molar refractivity (Wildman–Crippen MR) is 49.5 cm³/mol. The lowest BCUT2D eigenvalue weighted by Crippen LogP contribution is -2.12. The van der Waals surface area contributed by atoms with Gasteiger partial charge < -0.3 is 4.42 Å². The molecule has 1 rings (SSSR count). The highest BCUT2D eigenvalue weighted by Crippen LogP contribution is 2.22. The van der Waals surface area contributed by atoms with Gasteiger partial charge in [0, 0.05) is 12.3 Å². The summed E-state index contributed by atoms with van der Waals surface area (Å²) in [4.78, 5) is 14.8. The van der Waals surface area contributed by atoms with Crippen molar-refractivity contribution in [2.45, 2.75) is 33.1 Å². The van der Waals surface area contributed by atoms with E-state index in [0.717, 1.165) is 5.69 Å². The number of aromatic nitrogens is 1. The van der Waals surface area contributed by atoms with Crippen molar-refractivity contribution < 1.29 is 9.21 Å². The molecule has 0 aliphatic heterocycles. The van der Waals surface area contributed by atoms with Gasteiger partial charge in [-0.3, -0.25) is 10.1 Å². The molecule has 1 N–H and O–H groups in total. The number of hydrogen-bond acceptors (Lipinski definition) is 3. The van der Waals surface area contributed by atoms with Crippen LogP contribution in [0.2, 0.25) is 0 Å². The Labute approximate surface area is 77.3 Å². The molecule has 0 fully saturated rings. The normalized spacial score (nSPS) is 11.4. The third kappa shape index (κ3) is 2.57. The van der Waals surface area contributed by atoms with Crippen molar-refractivity contribution in [1.29, 1.82) is 0 Å². The van der Waals surface area contributed by atoms with Crippen LogP contribution in [0.15, 0.2) is 10.7 Å². The summed E-state index contributed by atoms with van der Waals surface area (Å²) >= 11 is 0. The number of carbonyl (C=O) groups is 1. The van der Waals surface area contributed by atoms with E-state index < -0.39 is 0 Å². The molecule has 0 aromatic carbocycles.